The number of amides is 1. The van der Waals surface area contributed by atoms with E-state index in [4.69, 9.17) is 4.99 Å². The lowest BCUT2D eigenvalue weighted by Gasteiger charge is -2.18. The van der Waals surface area contributed by atoms with Crippen LogP contribution in [-0.4, -0.2) is 11.1 Å². The van der Waals surface area contributed by atoms with Gasteiger partial charge in [-0.15, -0.1) is 0 Å². The first kappa shape index (κ1) is 18.3. The molecule has 0 unspecified atom stereocenters. The van der Waals surface area contributed by atoms with Crippen molar-refractivity contribution in [3.05, 3.63) is 100 Å². The molecule has 0 bridgehead atoms. The van der Waals surface area contributed by atoms with Crippen LogP contribution in [0.25, 0.3) is 6.08 Å². The molecule has 0 atom stereocenters. The lowest BCUT2D eigenvalue weighted by atomic mass is 10.1. The Morgan fingerprint density at radius 3 is 2.18 bits per heavy atom. The zero-order valence-corrected chi connectivity index (χ0v) is 16.6. The Morgan fingerprint density at radius 2 is 1.46 bits per heavy atom. The monoisotopic (exact) mass is 384 g/mol. The number of carbonyl (C=O) groups is 1. The molecule has 1 aliphatic rings. The van der Waals surface area contributed by atoms with Crippen molar-refractivity contribution >= 4 is 40.3 Å². The molecule has 3 aromatic rings. The fraction of sp³-hybridized carbons (Fsp3) is 0.0833. The highest BCUT2D eigenvalue weighted by Crippen LogP contribution is 2.38. The van der Waals surface area contributed by atoms with Crippen LogP contribution in [0.3, 0.4) is 0 Å². The number of amidine groups is 1. The van der Waals surface area contributed by atoms with E-state index >= 15 is 0 Å². The van der Waals surface area contributed by atoms with Crippen LogP contribution in [0.1, 0.15) is 16.7 Å². The Balaban J connectivity index is 1.82. The van der Waals surface area contributed by atoms with Gasteiger partial charge in [0.25, 0.3) is 5.91 Å². The van der Waals surface area contributed by atoms with Crippen LogP contribution in [0.4, 0.5) is 11.4 Å². The van der Waals surface area contributed by atoms with Gasteiger partial charge in [0.1, 0.15) is 0 Å². The summed E-state index contributed by atoms with van der Waals surface area (Å²) in [7, 11) is 0. The quantitative estimate of drug-likeness (QED) is 0.510. The number of aryl methyl sites for hydroxylation is 2. The normalized spacial score (nSPS) is 16.9. The lowest BCUT2D eigenvalue weighted by molar-refractivity contribution is -0.113. The summed E-state index contributed by atoms with van der Waals surface area (Å²) in [6.45, 7) is 4.04. The summed E-state index contributed by atoms with van der Waals surface area (Å²) in [6.07, 6.45) is 1.93. The van der Waals surface area contributed by atoms with Crippen molar-refractivity contribution in [1.82, 2.24) is 0 Å². The zero-order valence-electron chi connectivity index (χ0n) is 15.8. The molecule has 0 aliphatic carbocycles. The molecule has 0 aromatic heterocycles. The molecule has 1 amide bonds. The van der Waals surface area contributed by atoms with E-state index in [1.807, 2.05) is 98.8 Å². The lowest BCUT2D eigenvalue weighted by Crippen LogP contribution is -2.29. The van der Waals surface area contributed by atoms with Gasteiger partial charge in [-0.1, -0.05) is 66.7 Å². The molecule has 138 valence electrons. The highest BCUT2D eigenvalue weighted by Gasteiger charge is 2.35. The van der Waals surface area contributed by atoms with Crippen molar-refractivity contribution < 1.29 is 4.79 Å². The maximum atomic E-state index is 13.3. The van der Waals surface area contributed by atoms with Crippen LogP contribution in [0.2, 0.25) is 0 Å². The van der Waals surface area contributed by atoms with E-state index in [0.29, 0.717) is 10.1 Å². The van der Waals surface area contributed by atoms with E-state index in [9.17, 15) is 4.79 Å². The number of carbonyl (C=O) groups excluding carboxylic acids is 1. The number of anilines is 1. The van der Waals surface area contributed by atoms with Gasteiger partial charge in [-0.05, 0) is 60.5 Å². The molecular formula is C24H20N2OS. The maximum absolute atomic E-state index is 13.3. The molecule has 1 fully saturated rings. The number of rotatable bonds is 3. The molecule has 3 nitrogen and oxygen atoms in total. The van der Waals surface area contributed by atoms with Crippen LogP contribution in [0.5, 0.6) is 0 Å². The third-order valence-electron chi connectivity index (χ3n) is 4.59. The Bertz CT molecular complexity index is 1090. The molecule has 0 radical (unpaired) electrons. The van der Waals surface area contributed by atoms with Crippen LogP contribution >= 0.6 is 11.8 Å². The van der Waals surface area contributed by atoms with Crippen LogP contribution < -0.4 is 4.90 Å². The molecule has 3 aromatic carbocycles. The topological polar surface area (TPSA) is 32.7 Å². The number of aliphatic imine (C=N–C) groups is 1. The van der Waals surface area contributed by atoms with Crippen molar-refractivity contribution in [3.8, 4) is 0 Å². The molecule has 1 aliphatic heterocycles. The number of nitrogens with zero attached hydrogens (tertiary/aromatic N) is 2. The Morgan fingerprint density at radius 1 is 0.821 bits per heavy atom. The second kappa shape index (κ2) is 7.87. The number of para-hydroxylation sites is 2. The predicted octanol–water partition coefficient (Wildman–Crippen LogP) is 6.11. The molecular weight excluding hydrogens is 364 g/mol. The largest absolute Gasteiger partial charge is 0.271 e. The van der Waals surface area contributed by atoms with Gasteiger partial charge in [-0.25, -0.2) is 4.99 Å². The summed E-state index contributed by atoms with van der Waals surface area (Å²) in [6, 6.07) is 25.8. The molecule has 28 heavy (non-hydrogen) atoms. The van der Waals surface area contributed by atoms with Gasteiger partial charge in [0.2, 0.25) is 0 Å². The van der Waals surface area contributed by atoms with Gasteiger partial charge < -0.3 is 0 Å². The third-order valence-corrected chi connectivity index (χ3v) is 5.56. The maximum Gasteiger partial charge on any atom is 0.271 e. The van der Waals surface area contributed by atoms with Crippen LogP contribution in [0.15, 0.2) is 88.8 Å². The minimum atomic E-state index is -0.0458. The van der Waals surface area contributed by atoms with Crippen molar-refractivity contribution in [1.29, 1.82) is 0 Å². The van der Waals surface area contributed by atoms with Crippen LogP contribution in [-0.2, 0) is 4.79 Å². The predicted molar refractivity (Wildman–Crippen MR) is 119 cm³/mol. The summed E-state index contributed by atoms with van der Waals surface area (Å²) in [5.74, 6) is -0.0458. The molecule has 1 heterocycles. The Labute approximate surface area is 169 Å². The van der Waals surface area contributed by atoms with Gasteiger partial charge >= 0.3 is 0 Å². The third kappa shape index (κ3) is 3.64. The van der Waals surface area contributed by atoms with Gasteiger partial charge in [0.15, 0.2) is 5.17 Å². The summed E-state index contributed by atoms with van der Waals surface area (Å²) in [4.78, 5) is 20.5. The Kier molecular flexibility index (Phi) is 5.13. The van der Waals surface area contributed by atoms with E-state index in [1.54, 1.807) is 4.90 Å². The molecule has 4 heteroatoms. The van der Waals surface area contributed by atoms with Gasteiger partial charge in [0, 0.05) is 0 Å². The van der Waals surface area contributed by atoms with E-state index < -0.39 is 0 Å². The molecule has 4 rings (SSSR count). The van der Waals surface area contributed by atoms with E-state index in [1.165, 1.54) is 11.8 Å². The van der Waals surface area contributed by atoms with E-state index in [-0.39, 0.29) is 5.91 Å². The van der Waals surface area contributed by atoms with Crippen molar-refractivity contribution in [2.24, 2.45) is 4.99 Å². The van der Waals surface area contributed by atoms with Gasteiger partial charge in [-0.2, -0.15) is 0 Å². The number of benzene rings is 3. The molecule has 1 saturated heterocycles. The number of hydrogen-bond acceptors (Lipinski definition) is 3. The molecule has 0 N–H and O–H groups in total. The fourth-order valence-corrected chi connectivity index (χ4v) is 4.05. The van der Waals surface area contributed by atoms with Gasteiger partial charge in [-0.3, -0.25) is 9.69 Å². The Hall–Kier alpha value is -3.11. The molecule has 0 saturated carbocycles. The summed E-state index contributed by atoms with van der Waals surface area (Å²) in [5, 5.41) is 0.677. The standard InChI is InChI=1S/C24H20N2OS/c1-17-10-6-8-14-20(17)25-24-26(21-15-9-7-11-18(21)2)23(27)22(28-24)16-19-12-4-3-5-13-19/h3-16H,1-2H3/b22-16-,25-24?. The first-order valence-corrected chi connectivity index (χ1v) is 9.94. The first-order chi connectivity index (χ1) is 13.6. The highest BCUT2D eigenvalue weighted by atomic mass is 32.2. The highest BCUT2D eigenvalue weighted by molar-refractivity contribution is 8.19. The zero-order chi connectivity index (χ0) is 19.5. The van der Waals surface area contributed by atoms with Crippen molar-refractivity contribution in [2.75, 3.05) is 4.90 Å². The first-order valence-electron chi connectivity index (χ1n) is 9.12. The average Bonchev–Trinajstić information content (AvgIpc) is 3.00. The van der Waals surface area contributed by atoms with Crippen molar-refractivity contribution in [3.63, 3.8) is 0 Å². The fourth-order valence-electron chi connectivity index (χ4n) is 3.07. The van der Waals surface area contributed by atoms with E-state index in [2.05, 4.69) is 0 Å². The summed E-state index contributed by atoms with van der Waals surface area (Å²) < 4.78 is 0. The minimum Gasteiger partial charge on any atom is -0.268 e. The number of hydrogen-bond donors (Lipinski definition) is 0. The second-order valence-corrected chi connectivity index (χ2v) is 7.64. The SMILES string of the molecule is Cc1ccccc1N=C1S/C(=C\c2ccccc2)C(=O)N1c1ccccc1C. The second-order valence-electron chi connectivity index (χ2n) is 6.63. The van der Waals surface area contributed by atoms with Crippen LogP contribution in [0, 0.1) is 13.8 Å². The minimum absolute atomic E-state index is 0.0458. The van der Waals surface area contributed by atoms with Crippen molar-refractivity contribution in [2.45, 2.75) is 13.8 Å². The number of thioether (sulfide) groups is 1. The van der Waals surface area contributed by atoms with Gasteiger partial charge in [0.05, 0.1) is 16.3 Å². The summed E-state index contributed by atoms with van der Waals surface area (Å²) >= 11 is 1.42. The van der Waals surface area contributed by atoms with E-state index in [0.717, 1.165) is 28.1 Å². The average molecular weight is 385 g/mol. The smallest absolute Gasteiger partial charge is 0.268 e. The summed E-state index contributed by atoms with van der Waals surface area (Å²) in [5.41, 5.74) is 4.85. The molecule has 0 spiro atoms.